The van der Waals surface area contributed by atoms with Crippen molar-refractivity contribution in [1.82, 2.24) is 4.98 Å². The molecule has 2 aromatic carbocycles. The number of nitrogens with one attached hydrogen (secondary N) is 1. The van der Waals surface area contributed by atoms with Gasteiger partial charge >= 0.3 is 0 Å². The molecule has 1 N–H and O–H groups in total. The molecule has 1 heterocycles. The Hall–Kier alpha value is -1.77. The van der Waals surface area contributed by atoms with Crippen LogP contribution in [0.4, 0.5) is 0 Å². The molecular formula is C15H7Cl2NO. The van der Waals surface area contributed by atoms with Crippen molar-refractivity contribution in [1.29, 1.82) is 0 Å². The minimum Gasteiger partial charge on any atom is -0.351 e. The van der Waals surface area contributed by atoms with Crippen molar-refractivity contribution in [3.05, 3.63) is 57.7 Å². The highest BCUT2D eigenvalue weighted by Crippen LogP contribution is 2.42. The SMILES string of the molecule is O=C1c2cc(Cl)ccc2-c2c1[nH]c1ccc(Cl)cc21. The van der Waals surface area contributed by atoms with Gasteiger partial charge < -0.3 is 4.98 Å². The lowest BCUT2D eigenvalue weighted by atomic mass is 10.0. The average Bonchev–Trinajstić information content (AvgIpc) is 2.87. The highest BCUT2D eigenvalue weighted by atomic mass is 35.5. The summed E-state index contributed by atoms with van der Waals surface area (Å²) >= 11 is 12.0. The fraction of sp³-hybridized carbons (Fsp3) is 0. The summed E-state index contributed by atoms with van der Waals surface area (Å²) in [5.41, 5.74) is 4.03. The lowest BCUT2D eigenvalue weighted by Crippen LogP contribution is -1.96. The zero-order valence-electron chi connectivity index (χ0n) is 9.63. The first-order valence-electron chi connectivity index (χ1n) is 5.81. The molecule has 0 bridgehead atoms. The second kappa shape index (κ2) is 3.62. The highest BCUT2D eigenvalue weighted by Gasteiger charge is 2.30. The zero-order chi connectivity index (χ0) is 13.1. The number of carbonyl (C=O) groups excluding carboxylic acids is 1. The van der Waals surface area contributed by atoms with Crippen molar-refractivity contribution in [3.63, 3.8) is 0 Å². The van der Waals surface area contributed by atoms with Crippen LogP contribution in [0.25, 0.3) is 22.0 Å². The average molecular weight is 288 g/mol. The quantitative estimate of drug-likeness (QED) is 0.500. The van der Waals surface area contributed by atoms with Gasteiger partial charge in [0, 0.05) is 32.1 Å². The lowest BCUT2D eigenvalue weighted by molar-refractivity contribution is 0.103. The summed E-state index contributed by atoms with van der Waals surface area (Å²) in [6, 6.07) is 11.0. The Bertz CT molecular complexity index is 864. The number of H-pyrrole nitrogens is 1. The van der Waals surface area contributed by atoms with E-state index in [-0.39, 0.29) is 5.78 Å². The first-order chi connectivity index (χ1) is 9.15. The monoisotopic (exact) mass is 287 g/mol. The predicted octanol–water partition coefficient (Wildman–Crippen LogP) is 4.69. The first kappa shape index (κ1) is 11.1. The molecule has 4 heteroatoms. The lowest BCUT2D eigenvalue weighted by Gasteiger charge is -2.01. The molecule has 0 atom stereocenters. The number of benzene rings is 2. The third-order valence-electron chi connectivity index (χ3n) is 3.48. The summed E-state index contributed by atoms with van der Waals surface area (Å²) in [5, 5.41) is 2.20. The summed E-state index contributed by atoms with van der Waals surface area (Å²) in [7, 11) is 0. The second-order valence-electron chi connectivity index (χ2n) is 4.58. The molecule has 4 rings (SSSR count). The van der Waals surface area contributed by atoms with Crippen molar-refractivity contribution in [2.24, 2.45) is 0 Å². The topological polar surface area (TPSA) is 32.9 Å². The number of rotatable bonds is 0. The maximum absolute atomic E-state index is 12.4. The van der Waals surface area contributed by atoms with Crippen LogP contribution in [0.1, 0.15) is 16.1 Å². The summed E-state index contributed by atoms with van der Waals surface area (Å²) < 4.78 is 0. The van der Waals surface area contributed by atoms with Gasteiger partial charge in [-0.1, -0.05) is 29.3 Å². The normalized spacial score (nSPS) is 12.8. The van der Waals surface area contributed by atoms with E-state index >= 15 is 0 Å². The van der Waals surface area contributed by atoms with Gasteiger partial charge in [-0.05, 0) is 35.9 Å². The van der Waals surface area contributed by atoms with Crippen molar-refractivity contribution in [2.75, 3.05) is 0 Å². The number of hydrogen-bond donors (Lipinski definition) is 1. The molecule has 0 amide bonds. The maximum Gasteiger partial charge on any atom is 0.210 e. The van der Waals surface area contributed by atoms with Crippen LogP contribution in [0.5, 0.6) is 0 Å². The van der Waals surface area contributed by atoms with E-state index < -0.39 is 0 Å². The first-order valence-corrected chi connectivity index (χ1v) is 6.56. The van der Waals surface area contributed by atoms with Crippen LogP contribution in [0.3, 0.4) is 0 Å². The minimum absolute atomic E-state index is 0.0141. The Morgan fingerprint density at radius 2 is 1.63 bits per heavy atom. The molecule has 1 aliphatic carbocycles. The van der Waals surface area contributed by atoms with Crippen LogP contribution in [0, 0.1) is 0 Å². The van der Waals surface area contributed by atoms with E-state index in [1.165, 1.54) is 0 Å². The Labute approximate surface area is 119 Å². The van der Waals surface area contributed by atoms with Gasteiger partial charge in [0.15, 0.2) is 0 Å². The van der Waals surface area contributed by atoms with Crippen LogP contribution < -0.4 is 0 Å². The Morgan fingerprint density at radius 3 is 2.47 bits per heavy atom. The van der Waals surface area contributed by atoms with Gasteiger partial charge in [-0.25, -0.2) is 0 Å². The van der Waals surface area contributed by atoms with Gasteiger partial charge in [-0.3, -0.25) is 4.79 Å². The maximum atomic E-state index is 12.4. The van der Waals surface area contributed by atoms with Crippen molar-refractivity contribution in [2.45, 2.75) is 0 Å². The predicted molar refractivity (Wildman–Crippen MR) is 77.2 cm³/mol. The number of ketones is 1. The second-order valence-corrected chi connectivity index (χ2v) is 5.46. The van der Waals surface area contributed by atoms with E-state index in [9.17, 15) is 4.79 Å². The van der Waals surface area contributed by atoms with Gasteiger partial charge in [-0.2, -0.15) is 0 Å². The van der Waals surface area contributed by atoms with Crippen LogP contribution >= 0.6 is 23.2 Å². The van der Waals surface area contributed by atoms with Gasteiger partial charge in [0.25, 0.3) is 0 Å². The van der Waals surface area contributed by atoms with E-state index in [1.54, 1.807) is 12.1 Å². The van der Waals surface area contributed by atoms with Gasteiger partial charge in [0.05, 0.1) is 5.69 Å². The molecular weight excluding hydrogens is 281 g/mol. The number of carbonyl (C=O) groups is 1. The van der Waals surface area contributed by atoms with E-state index in [0.717, 1.165) is 22.0 Å². The minimum atomic E-state index is -0.0141. The summed E-state index contributed by atoms with van der Waals surface area (Å²) in [4.78, 5) is 15.5. The van der Waals surface area contributed by atoms with E-state index in [1.807, 2.05) is 24.3 Å². The molecule has 0 spiro atoms. The molecule has 1 aromatic heterocycles. The van der Waals surface area contributed by atoms with Gasteiger partial charge in [0.2, 0.25) is 5.78 Å². The summed E-state index contributed by atoms with van der Waals surface area (Å²) in [5.74, 6) is -0.0141. The Kier molecular flexibility index (Phi) is 2.12. The van der Waals surface area contributed by atoms with Crippen molar-refractivity contribution in [3.8, 4) is 11.1 Å². The van der Waals surface area contributed by atoms with Crippen molar-refractivity contribution < 1.29 is 4.79 Å². The zero-order valence-corrected chi connectivity index (χ0v) is 11.1. The fourth-order valence-corrected chi connectivity index (χ4v) is 3.02. The molecule has 0 unspecified atom stereocenters. The largest absolute Gasteiger partial charge is 0.351 e. The molecule has 1 aliphatic rings. The van der Waals surface area contributed by atoms with Crippen LogP contribution in [0.2, 0.25) is 10.0 Å². The van der Waals surface area contributed by atoms with E-state index in [0.29, 0.717) is 21.3 Å². The van der Waals surface area contributed by atoms with Gasteiger partial charge in [0.1, 0.15) is 0 Å². The van der Waals surface area contributed by atoms with Crippen LogP contribution in [0.15, 0.2) is 36.4 Å². The Balaban J connectivity index is 2.15. The number of aromatic amines is 1. The summed E-state index contributed by atoms with van der Waals surface area (Å²) in [6.45, 7) is 0. The van der Waals surface area contributed by atoms with Crippen molar-refractivity contribution >= 4 is 39.9 Å². The molecule has 2 nitrogen and oxygen atoms in total. The number of halogens is 2. The number of aromatic nitrogens is 1. The van der Waals surface area contributed by atoms with Gasteiger partial charge in [-0.15, -0.1) is 0 Å². The standard InChI is InChI=1S/C15H7Cl2NO/c16-7-1-3-9-10(5-7)15(19)14-13(9)11-6-8(17)2-4-12(11)18-14/h1-6,18H. The van der Waals surface area contributed by atoms with E-state index in [2.05, 4.69) is 4.98 Å². The highest BCUT2D eigenvalue weighted by molar-refractivity contribution is 6.34. The molecule has 0 fully saturated rings. The van der Waals surface area contributed by atoms with E-state index in [4.69, 9.17) is 23.2 Å². The fourth-order valence-electron chi connectivity index (χ4n) is 2.67. The molecule has 92 valence electrons. The molecule has 3 aromatic rings. The Morgan fingerprint density at radius 1 is 0.895 bits per heavy atom. The summed E-state index contributed by atoms with van der Waals surface area (Å²) in [6.07, 6.45) is 0. The third-order valence-corrected chi connectivity index (χ3v) is 3.95. The molecule has 19 heavy (non-hydrogen) atoms. The van der Waals surface area contributed by atoms with Crippen LogP contribution in [-0.4, -0.2) is 10.8 Å². The molecule has 0 radical (unpaired) electrons. The smallest absolute Gasteiger partial charge is 0.210 e. The molecule has 0 saturated carbocycles. The third kappa shape index (κ3) is 1.41. The number of fused-ring (bicyclic) bond motifs is 5. The van der Waals surface area contributed by atoms with Crippen LogP contribution in [-0.2, 0) is 0 Å². The molecule has 0 saturated heterocycles. The molecule has 0 aliphatic heterocycles. The number of hydrogen-bond acceptors (Lipinski definition) is 1.